The lowest BCUT2D eigenvalue weighted by Crippen LogP contribution is -2.23. The van der Waals surface area contributed by atoms with Crippen LogP contribution in [-0.4, -0.2) is 29.7 Å². The Morgan fingerprint density at radius 2 is 2.04 bits per heavy atom. The summed E-state index contributed by atoms with van der Waals surface area (Å²) in [5.41, 5.74) is 0.873. The standard InChI is InChI=1S/C17H23N3O3/c1-3-4-12-18-15(21)6-5-7-16-19-17(20-23-16)13-8-10-14(22-2)11-9-13/h8-11H,3-7,12H2,1-2H3,(H,18,21). The fourth-order valence-corrected chi connectivity index (χ4v) is 2.11. The van der Waals surface area contributed by atoms with Gasteiger partial charge in [-0.1, -0.05) is 18.5 Å². The number of hydrogen-bond donors (Lipinski definition) is 1. The normalized spacial score (nSPS) is 10.5. The molecule has 0 aliphatic rings. The number of unbranched alkanes of at least 4 members (excludes halogenated alkanes) is 1. The second-order valence-electron chi connectivity index (χ2n) is 5.30. The third-order valence-corrected chi connectivity index (χ3v) is 3.46. The lowest BCUT2D eigenvalue weighted by molar-refractivity contribution is -0.121. The molecular weight excluding hydrogens is 294 g/mol. The molecule has 0 fully saturated rings. The molecule has 0 bridgehead atoms. The number of aromatic nitrogens is 2. The summed E-state index contributed by atoms with van der Waals surface area (Å²) in [6.07, 6.45) is 3.87. The minimum absolute atomic E-state index is 0.0772. The summed E-state index contributed by atoms with van der Waals surface area (Å²) in [6, 6.07) is 7.47. The molecule has 124 valence electrons. The Morgan fingerprint density at radius 1 is 1.26 bits per heavy atom. The summed E-state index contributed by atoms with van der Waals surface area (Å²) in [5.74, 6) is 1.96. The second-order valence-corrected chi connectivity index (χ2v) is 5.30. The fraction of sp³-hybridized carbons (Fsp3) is 0.471. The van der Waals surface area contributed by atoms with Crippen LogP contribution in [0.5, 0.6) is 5.75 Å². The zero-order valence-electron chi connectivity index (χ0n) is 13.7. The van der Waals surface area contributed by atoms with E-state index >= 15 is 0 Å². The second kappa shape index (κ2) is 8.92. The summed E-state index contributed by atoms with van der Waals surface area (Å²) >= 11 is 0. The molecule has 0 atom stereocenters. The summed E-state index contributed by atoms with van der Waals surface area (Å²) in [6.45, 7) is 2.85. The molecule has 1 aromatic heterocycles. The topological polar surface area (TPSA) is 77.2 Å². The highest BCUT2D eigenvalue weighted by Gasteiger charge is 2.09. The smallest absolute Gasteiger partial charge is 0.226 e. The average molecular weight is 317 g/mol. The summed E-state index contributed by atoms with van der Waals surface area (Å²) < 4.78 is 10.4. The van der Waals surface area contributed by atoms with Crippen molar-refractivity contribution in [3.63, 3.8) is 0 Å². The molecule has 1 N–H and O–H groups in total. The number of amides is 1. The molecule has 1 aromatic carbocycles. The van der Waals surface area contributed by atoms with E-state index in [-0.39, 0.29) is 5.91 Å². The third-order valence-electron chi connectivity index (χ3n) is 3.46. The number of carbonyl (C=O) groups is 1. The molecule has 6 heteroatoms. The first kappa shape index (κ1) is 17.0. The van der Waals surface area contributed by atoms with Crippen molar-refractivity contribution in [3.8, 4) is 17.1 Å². The Hall–Kier alpha value is -2.37. The predicted molar refractivity (Wildman–Crippen MR) is 87.1 cm³/mol. The van der Waals surface area contributed by atoms with E-state index in [1.165, 1.54) is 0 Å². The van der Waals surface area contributed by atoms with Gasteiger partial charge in [-0.3, -0.25) is 4.79 Å². The molecule has 0 saturated carbocycles. The van der Waals surface area contributed by atoms with Crippen LogP contribution in [0.4, 0.5) is 0 Å². The van der Waals surface area contributed by atoms with Crippen molar-refractivity contribution in [2.45, 2.75) is 39.0 Å². The van der Waals surface area contributed by atoms with Crippen LogP contribution in [-0.2, 0) is 11.2 Å². The highest BCUT2D eigenvalue weighted by atomic mass is 16.5. The van der Waals surface area contributed by atoms with E-state index in [2.05, 4.69) is 22.4 Å². The van der Waals surface area contributed by atoms with E-state index in [1.807, 2.05) is 24.3 Å². The minimum Gasteiger partial charge on any atom is -0.497 e. The summed E-state index contributed by atoms with van der Waals surface area (Å²) in [7, 11) is 1.62. The minimum atomic E-state index is 0.0772. The van der Waals surface area contributed by atoms with Gasteiger partial charge in [0.1, 0.15) is 5.75 Å². The summed E-state index contributed by atoms with van der Waals surface area (Å²) in [5, 5.41) is 6.87. The molecule has 2 rings (SSSR count). The van der Waals surface area contributed by atoms with Gasteiger partial charge in [-0.2, -0.15) is 4.98 Å². The van der Waals surface area contributed by atoms with Crippen LogP contribution in [0.3, 0.4) is 0 Å². The molecular formula is C17H23N3O3. The number of hydrogen-bond acceptors (Lipinski definition) is 5. The van der Waals surface area contributed by atoms with Gasteiger partial charge in [0.25, 0.3) is 0 Å². The maximum atomic E-state index is 11.6. The predicted octanol–water partition coefficient (Wildman–Crippen LogP) is 2.98. The average Bonchev–Trinajstić information content (AvgIpc) is 3.04. The van der Waals surface area contributed by atoms with Gasteiger partial charge < -0.3 is 14.6 Å². The van der Waals surface area contributed by atoms with E-state index in [1.54, 1.807) is 7.11 Å². The number of methoxy groups -OCH3 is 1. The largest absolute Gasteiger partial charge is 0.497 e. The van der Waals surface area contributed by atoms with E-state index in [9.17, 15) is 4.79 Å². The van der Waals surface area contributed by atoms with E-state index in [0.29, 0.717) is 31.0 Å². The number of carbonyl (C=O) groups excluding carboxylic acids is 1. The van der Waals surface area contributed by atoms with Crippen LogP contribution in [0.2, 0.25) is 0 Å². The maximum absolute atomic E-state index is 11.6. The zero-order valence-corrected chi connectivity index (χ0v) is 13.7. The molecule has 0 aliphatic heterocycles. The fourth-order valence-electron chi connectivity index (χ4n) is 2.11. The molecule has 0 saturated heterocycles. The van der Waals surface area contributed by atoms with Crippen molar-refractivity contribution in [2.24, 2.45) is 0 Å². The maximum Gasteiger partial charge on any atom is 0.226 e. The number of nitrogens with zero attached hydrogens (tertiary/aromatic N) is 2. The van der Waals surface area contributed by atoms with Gasteiger partial charge in [0, 0.05) is 24.9 Å². The van der Waals surface area contributed by atoms with Gasteiger partial charge in [0.15, 0.2) is 0 Å². The summed E-state index contributed by atoms with van der Waals surface area (Å²) in [4.78, 5) is 16.0. The number of aryl methyl sites for hydroxylation is 1. The van der Waals surface area contributed by atoms with Crippen molar-refractivity contribution in [1.82, 2.24) is 15.5 Å². The van der Waals surface area contributed by atoms with Gasteiger partial charge in [-0.15, -0.1) is 0 Å². The van der Waals surface area contributed by atoms with Crippen molar-refractivity contribution >= 4 is 5.91 Å². The van der Waals surface area contributed by atoms with E-state index < -0.39 is 0 Å². The Labute approximate surface area is 136 Å². The Bertz CT molecular complexity index is 608. The lowest BCUT2D eigenvalue weighted by Gasteiger charge is -2.02. The lowest BCUT2D eigenvalue weighted by atomic mass is 10.2. The quantitative estimate of drug-likeness (QED) is 0.719. The Morgan fingerprint density at radius 3 is 2.74 bits per heavy atom. The van der Waals surface area contributed by atoms with Gasteiger partial charge in [0.2, 0.25) is 17.6 Å². The van der Waals surface area contributed by atoms with Gasteiger partial charge in [0.05, 0.1) is 7.11 Å². The number of ether oxygens (including phenoxy) is 1. The van der Waals surface area contributed by atoms with Crippen LogP contribution < -0.4 is 10.1 Å². The molecule has 0 spiro atoms. The molecule has 1 heterocycles. The molecule has 23 heavy (non-hydrogen) atoms. The Balaban J connectivity index is 1.79. The van der Waals surface area contributed by atoms with E-state index in [0.717, 1.165) is 30.7 Å². The van der Waals surface area contributed by atoms with Crippen LogP contribution >= 0.6 is 0 Å². The number of benzene rings is 1. The van der Waals surface area contributed by atoms with Gasteiger partial charge in [-0.05, 0) is 37.1 Å². The SMILES string of the molecule is CCCCNC(=O)CCCc1nc(-c2ccc(OC)cc2)no1. The highest BCUT2D eigenvalue weighted by Crippen LogP contribution is 2.20. The first-order valence-corrected chi connectivity index (χ1v) is 7.96. The molecule has 0 unspecified atom stereocenters. The van der Waals surface area contributed by atoms with Crippen molar-refractivity contribution in [2.75, 3.05) is 13.7 Å². The number of nitrogens with one attached hydrogen (secondary N) is 1. The zero-order chi connectivity index (χ0) is 16.5. The number of rotatable bonds is 9. The first-order chi connectivity index (χ1) is 11.2. The molecule has 6 nitrogen and oxygen atoms in total. The van der Waals surface area contributed by atoms with E-state index in [4.69, 9.17) is 9.26 Å². The monoisotopic (exact) mass is 317 g/mol. The molecule has 0 radical (unpaired) electrons. The van der Waals surface area contributed by atoms with Crippen LogP contribution in [0.25, 0.3) is 11.4 Å². The van der Waals surface area contributed by atoms with Crippen LogP contribution in [0, 0.1) is 0 Å². The molecule has 0 aliphatic carbocycles. The molecule has 1 amide bonds. The van der Waals surface area contributed by atoms with Crippen LogP contribution in [0.15, 0.2) is 28.8 Å². The Kier molecular flexibility index (Phi) is 6.59. The molecule has 2 aromatic rings. The van der Waals surface area contributed by atoms with Gasteiger partial charge >= 0.3 is 0 Å². The van der Waals surface area contributed by atoms with Crippen molar-refractivity contribution in [1.29, 1.82) is 0 Å². The third kappa shape index (κ3) is 5.39. The van der Waals surface area contributed by atoms with Crippen molar-refractivity contribution < 1.29 is 14.1 Å². The van der Waals surface area contributed by atoms with Crippen molar-refractivity contribution in [3.05, 3.63) is 30.2 Å². The highest BCUT2D eigenvalue weighted by molar-refractivity contribution is 5.75. The van der Waals surface area contributed by atoms with Gasteiger partial charge in [-0.25, -0.2) is 0 Å². The first-order valence-electron chi connectivity index (χ1n) is 7.96. The van der Waals surface area contributed by atoms with Crippen LogP contribution in [0.1, 0.15) is 38.5 Å².